The SMILES string of the molecule is CCN(CC(=O)OC(C)(C)C)[C@@H](C)CO. The number of aliphatic hydroxyl groups is 1. The standard InChI is InChI=1S/C11H23NO3/c1-6-12(9(2)8-13)7-10(14)15-11(3,4)5/h9,13H,6-8H2,1-5H3/t9-/m0/s1. The Kier molecular flexibility index (Phi) is 5.83. The van der Waals surface area contributed by atoms with E-state index in [4.69, 9.17) is 9.84 Å². The van der Waals surface area contributed by atoms with Gasteiger partial charge in [-0.05, 0) is 34.2 Å². The van der Waals surface area contributed by atoms with E-state index in [1.165, 1.54) is 0 Å². The number of esters is 1. The third-order valence-corrected chi connectivity index (χ3v) is 2.05. The van der Waals surface area contributed by atoms with Crippen molar-refractivity contribution in [2.24, 2.45) is 0 Å². The summed E-state index contributed by atoms with van der Waals surface area (Å²) in [5.41, 5.74) is -0.445. The van der Waals surface area contributed by atoms with Crippen LogP contribution < -0.4 is 0 Å². The molecule has 0 bridgehead atoms. The fraction of sp³-hybridized carbons (Fsp3) is 0.909. The Morgan fingerprint density at radius 1 is 1.47 bits per heavy atom. The Hall–Kier alpha value is -0.610. The minimum absolute atomic E-state index is 0.0116. The Balaban J connectivity index is 4.13. The molecule has 0 aromatic carbocycles. The summed E-state index contributed by atoms with van der Waals surface area (Å²) in [4.78, 5) is 13.4. The quantitative estimate of drug-likeness (QED) is 0.699. The van der Waals surface area contributed by atoms with Crippen LogP contribution in [0.15, 0.2) is 0 Å². The Morgan fingerprint density at radius 2 is 2.00 bits per heavy atom. The summed E-state index contributed by atoms with van der Waals surface area (Å²) in [5, 5.41) is 8.99. The molecule has 0 aromatic rings. The van der Waals surface area contributed by atoms with E-state index in [1.54, 1.807) is 0 Å². The molecule has 4 heteroatoms. The van der Waals surface area contributed by atoms with Crippen molar-refractivity contribution in [1.29, 1.82) is 0 Å². The number of hydrogen-bond donors (Lipinski definition) is 1. The number of ether oxygens (including phenoxy) is 1. The van der Waals surface area contributed by atoms with Crippen LogP contribution in [0, 0.1) is 0 Å². The third-order valence-electron chi connectivity index (χ3n) is 2.05. The first-order chi connectivity index (χ1) is 6.80. The van der Waals surface area contributed by atoms with Crippen molar-refractivity contribution in [3.63, 3.8) is 0 Å². The molecule has 0 aromatic heterocycles. The van der Waals surface area contributed by atoms with Crippen molar-refractivity contribution < 1.29 is 14.6 Å². The average molecular weight is 217 g/mol. The van der Waals surface area contributed by atoms with Crippen LogP contribution >= 0.6 is 0 Å². The summed E-state index contributed by atoms with van der Waals surface area (Å²) in [6, 6.07) is -0.0116. The summed E-state index contributed by atoms with van der Waals surface area (Å²) in [5.74, 6) is -0.246. The Labute approximate surface area is 92.2 Å². The van der Waals surface area contributed by atoms with Crippen molar-refractivity contribution in [2.45, 2.75) is 46.3 Å². The number of nitrogens with zero attached hydrogens (tertiary/aromatic N) is 1. The van der Waals surface area contributed by atoms with Crippen LogP contribution in [0.4, 0.5) is 0 Å². The number of carbonyl (C=O) groups excluding carboxylic acids is 1. The average Bonchev–Trinajstić information content (AvgIpc) is 2.10. The summed E-state index contributed by atoms with van der Waals surface area (Å²) >= 11 is 0. The molecule has 90 valence electrons. The van der Waals surface area contributed by atoms with E-state index in [-0.39, 0.29) is 25.2 Å². The molecule has 15 heavy (non-hydrogen) atoms. The summed E-state index contributed by atoms with van der Waals surface area (Å²) in [6.07, 6.45) is 0. The van der Waals surface area contributed by atoms with Crippen LogP contribution in [-0.2, 0) is 9.53 Å². The molecule has 0 heterocycles. The van der Waals surface area contributed by atoms with Crippen LogP contribution in [-0.4, -0.2) is 47.3 Å². The van der Waals surface area contributed by atoms with Gasteiger partial charge in [0, 0.05) is 6.04 Å². The van der Waals surface area contributed by atoms with Gasteiger partial charge >= 0.3 is 5.97 Å². The van der Waals surface area contributed by atoms with Crippen molar-refractivity contribution in [2.75, 3.05) is 19.7 Å². The fourth-order valence-corrected chi connectivity index (χ4v) is 1.23. The number of hydrogen-bond acceptors (Lipinski definition) is 4. The lowest BCUT2D eigenvalue weighted by atomic mass is 10.2. The molecule has 1 N–H and O–H groups in total. The van der Waals surface area contributed by atoms with Gasteiger partial charge in [0.2, 0.25) is 0 Å². The van der Waals surface area contributed by atoms with Crippen LogP contribution in [0.5, 0.6) is 0 Å². The lowest BCUT2D eigenvalue weighted by molar-refractivity contribution is -0.156. The molecule has 0 spiro atoms. The van der Waals surface area contributed by atoms with Gasteiger partial charge < -0.3 is 9.84 Å². The lowest BCUT2D eigenvalue weighted by Crippen LogP contribution is -2.41. The van der Waals surface area contributed by atoms with Gasteiger partial charge in [-0.2, -0.15) is 0 Å². The second kappa shape index (κ2) is 6.08. The highest BCUT2D eigenvalue weighted by atomic mass is 16.6. The minimum Gasteiger partial charge on any atom is -0.459 e. The van der Waals surface area contributed by atoms with Crippen molar-refractivity contribution in [3.05, 3.63) is 0 Å². The third kappa shape index (κ3) is 6.47. The lowest BCUT2D eigenvalue weighted by Gasteiger charge is -2.27. The highest BCUT2D eigenvalue weighted by Gasteiger charge is 2.20. The maximum Gasteiger partial charge on any atom is 0.320 e. The van der Waals surface area contributed by atoms with Crippen LogP contribution in [0.1, 0.15) is 34.6 Å². The van der Waals surface area contributed by atoms with Crippen molar-refractivity contribution >= 4 is 5.97 Å². The molecule has 0 fully saturated rings. The van der Waals surface area contributed by atoms with Gasteiger partial charge in [0.05, 0.1) is 13.2 Å². The molecule has 0 unspecified atom stereocenters. The van der Waals surface area contributed by atoms with Gasteiger partial charge in [0.1, 0.15) is 5.60 Å². The zero-order chi connectivity index (χ0) is 12.1. The minimum atomic E-state index is -0.445. The second-order valence-electron chi connectivity index (χ2n) is 4.68. The normalized spacial score (nSPS) is 14.1. The van der Waals surface area contributed by atoms with E-state index in [1.807, 2.05) is 39.5 Å². The summed E-state index contributed by atoms with van der Waals surface area (Å²) in [6.45, 7) is 10.4. The van der Waals surface area contributed by atoms with Crippen molar-refractivity contribution in [3.8, 4) is 0 Å². The molecular formula is C11H23NO3. The topological polar surface area (TPSA) is 49.8 Å². The predicted molar refractivity (Wildman–Crippen MR) is 59.6 cm³/mol. The molecule has 0 aliphatic carbocycles. The smallest absolute Gasteiger partial charge is 0.320 e. The van der Waals surface area contributed by atoms with E-state index in [2.05, 4.69) is 0 Å². The molecule has 4 nitrogen and oxygen atoms in total. The number of rotatable bonds is 5. The molecule has 0 radical (unpaired) electrons. The maximum atomic E-state index is 11.5. The van der Waals surface area contributed by atoms with E-state index in [0.717, 1.165) is 6.54 Å². The monoisotopic (exact) mass is 217 g/mol. The first-order valence-corrected chi connectivity index (χ1v) is 5.37. The first-order valence-electron chi connectivity index (χ1n) is 5.37. The number of carbonyl (C=O) groups is 1. The maximum absolute atomic E-state index is 11.5. The number of aliphatic hydroxyl groups excluding tert-OH is 1. The van der Waals surface area contributed by atoms with Crippen LogP contribution in [0.3, 0.4) is 0 Å². The van der Waals surface area contributed by atoms with E-state index in [9.17, 15) is 4.79 Å². The van der Waals surface area contributed by atoms with Crippen LogP contribution in [0.2, 0.25) is 0 Å². The van der Waals surface area contributed by atoms with Gasteiger partial charge in [-0.3, -0.25) is 9.69 Å². The van der Waals surface area contributed by atoms with Gasteiger partial charge in [0.25, 0.3) is 0 Å². The second-order valence-corrected chi connectivity index (χ2v) is 4.68. The van der Waals surface area contributed by atoms with Gasteiger partial charge in [-0.25, -0.2) is 0 Å². The van der Waals surface area contributed by atoms with Crippen LogP contribution in [0.25, 0.3) is 0 Å². The zero-order valence-electron chi connectivity index (χ0n) is 10.4. The first kappa shape index (κ1) is 14.4. The molecule has 0 amide bonds. The molecular weight excluding hydrogens is 194 g/mol. The molecule has 0 rings (SSSR count). The van der Waals surface area contributed by atoms with Gasteiger partial charge in [-0.1, -0.05) is 6.92 Å². The largest absolute Gasteiger partial charge is 0.459 e. The van der Waals surface area contributed by atoms with Crippen molar-refractivity contribution in [1.82, 2.24) is 4.90 Å². The highest BCUT2D eigenvalue weighted by molar-refractivity contribution is 5.72. The zero-order valence-corrected chi connectivity index (χ0v) is 10.4. The molecule has 0 saturated heterocycles. The van der Waals surface area contributed by atoms with E-state index >= 15 is 0 Å². The van der Waals surface area contributed by atoms with Gasteiger partial charge in [-0.15, -0.1) is 0 Å². The Morgan fingerprint density at radius 3 is 2.33 bits per heavy atom. The molecule has 0 aliphatic heterocycles. The molecule has 0 saturated carbocycles. The number of likely N-dealkylation sites (N-methyl/N-ethyl adjacent to an activating group) is 1. The van der Waals surface area contributed by atoms with Gasteiger partial charge in [0.15, 0.2) is 0 Å². The highest BCUT2D eigenvalue weighted by Crippen LogP contribution is 2.08. The summed E-state index contributed by atoms with van der Waals surface area (Å²) in [7, 11) is 0. The molecule has 1 atom stereocenters. The Bertz CT molecular complexity index is 198. The van der Waals surface area contributed by atoms with E-state index in [0.29, 0.717) is 0 Å². The molecule has 0 aliphatic rings. The predicted octanol–water partition coefficient (Wildman–Crippen LogP) is 1.03. The van der Waals surface area contributed by atoms with E-state index < -0.39 is 5.60 Å². The summed E-state index contributed by atoms with van der Waals surface area (Å²) < 4.78 is 5.20. The fourth-order valence-electron chi connectivity index (χ4n) is 1.23.